The first-order chi connectivity index (χ1) is 22.7. The van der Waals surface area contributed by atoms with Gasteiger partial charge >= 0.3 is 6.18 Å². The molecule has 0 amide bonds. The van der Waals surface area contributed by atoms with E-state index in [1.54, 1.807) is 18.2 Å². The molecule has 1 aliphatic heterocycles. The van der Waals surface area contributed by atoms with Crippen LogP contribution in [0.15, 0.2) is 107 Å². The van der Waals surface area contributed by atoms with Crippen LogP contribution in [0.3, 0.4) is 0 Å². The molecule has 0 saturated heterocycles. The molecule has 1 heterocycles. The number of rotatable bonds is 2. The number of nitriles is 4. The highest BCUT2D eigenvalue weighted by Gasteiger charge is 2.43. The van der Waals surface area contributed by atoms with Gasteiger partial charge in [0, 0.05) is 22.3 Å². The lowest BCUT2D eigenvalue weighted by Gasteiger charge is -2.24. The van der Waals surface area contributed by atoms with Gasteiger partial charge < -0.3 is 5.32 Å². The number of benzene rings is 4. The minimum atomic E-state index is -4.47. The topological polar surface area (TPSA) is 120 Å². The second-order valence-corrected chi connectivity index (χ2v) is 11.2. The Morgan fingerprint density at radius 2 is 1.19 bits per heavy atom. The first kappa shape index (κ1) is 29.1. The zero-order valence-corrected chi connectivity index (χ0v) is 24.5. The number of aliphatic imine (C=N–C) groups is 1. The standard InChI is InChI=1S/C38H19F3N6/c1-20-2-4-21(5-3-20)23-8-12-28-30(14-23)32(25(16-42)17-43)36-34(28)46-37-33(26(18-44)19-45)31-15-24(9-13-29(31)35(37)47-36)22-6-10-27(11-7-22)38(39,40)41/h2-15,37,46H,1H3. The van der Waals surface area contributed by atoms with E-state index < -0.39 is 17.8 Å². The predicted octanol–water partition coefficient (Wildman–Crippen LogP) is 8.11. The first-order valence-corrected chi connectivity index (χ1v) is 14.4. The lowest BCUT2D eigenvalue weighted by Crippen LogP contribution is -2.36. The Kier molecular flexibility index (Phi) is 6.64. The van der Waals surface area contributed by atoms with Gasteiger partial charge in [-0.25, -0.2) is 4.99 Å². The summed E-state index contributed by atoms with van der Waals surface area (Å²) < 4.78 is 39.5. The fourth-order valence-corrected chi connectivity index (χ4v) is 6.35. The van der Waals surface area contributed by atoms with Gasteiger partial charge in [0.1, 0.15) is 35.4 Å². The summed E-state index contributed by atoms with van der Waals surface area (Å²) in [5.41, 5.74) is 7.83. The van der Waals surface area contributed by atoms with Gasteiger partial charge in [0.2, 0.25) is 0 Å². The van der Waals surface area contributed by atoms with Crippen molar-refractivity contribution in [3.05, 3.63) is 135 Å². The molecule has 1 N–H and O–H groups in total. The second-order valence-electron chi connectivity index (χ2n) is 11.2. The molecule has 0 bridgehead atoms. The fraction of sp³-hybridized carbons (Fsp3) is 0.0789. The number of alkyl halides is 3. The van der Waals surface area contributed by atoms with E-state index in [2.05, 4.69) is 5.32 Å². The third-order valence-electron chi connectivity index (χ3n) is 8.60. The van der Waals surface area contributed by atoms with Crippen molar-refractivity contribution in [3.8, 4) is 46.5 Å². The fourth-order valence-electron chi connectivity index (χ4n) is 6.35. The summed E-state index contributed by atoms with van der Waals surface area (Å²) in [6, 6.07) is 31.1. The van der Waals surface area contributed by atoms with E-state index in [9.17, 15) is 34.2 Å². The molecule has 0 fully saturated rings. The highest BCUT2D eigenvalue weighted by atomic mass is 19.4. The molecule has 7 rings (SSSR count). The number of fused-ring (bicyclic) bond motifs is 5. The quantitative estimate of drug-likeness (QED) is 0.228. The Morgan fingerprint density at radius 3 is 1.77 bits per heavy atom. The lowest BCUT2D eigenvalue weighted by atomic mass is 9.95. The average molecular weight is 617 g/mol. The van der Waals surface area contributed by atoms with Crippen LogP contribution < -0.4 is 5.32 Å². The minimum absolute atomic E-state index is 0.108. The molecule has 0 saturated carbocycles. The molecule has 3 aliphatic rings. The number of hydrogen-bond acceptors (Lipinski definition) is 6. The van der Waals surface area contributed by atoms with Gasteiger partial charge in [-0.1, -0.05) is 66.2 Å². The van der Waals surface area contributed by atoms with Crippen LogP contribution >= 0.6 is 0 Å². The molecule has 47 heavy (non-hydrogen) atoms. The number of nitrogens with one attached hydrogen (secondary N) is 1. The van der Waals surface area contributed by atoms with E-state index in [1.165, 1.54) is 12.1 Å². The van der Waals surface area contributed by atoms with Crippen molar-refractivity contribution in [3.63, 3.8) is 0 Å². The third-order valence-corrected chi connectivity index (χ3v) is 8.60. The highest BCUT2D eigenvalue weighted by molar-refractivity contribution is 6.24. The van der Waals surface area contributed by atoms with Gasteiger partial charge in [-0.15, -0.1) is 0 Å². The van der Waals surface area contributed by atoms with E-state index in [0.717, 1.165) is 28.8 Å². The van der Waals surface area contributed by atoms with Crippen LogP contribution in [0, 0.1) is 52.2 Å². The predicted molar refractivity (Wildman–Crippen MR) is 170 cm³/mol. The molecule has 2 aliphatic carbocycles. The van der Waals surface area contributed by atoms with Crippen LogP contribution in [-0.4, -0.2) is 11.8 Å². The van der Waals surface area contributed by atoms with E-state index in [4.69, 9.17) is 4.99 Å². The van der Waals surface area contributed by atoms with Crippen molar-refractivity contribution in [2.75, 3.05) is 0 Å². The van der Waals surface area contributed by atoms with Crippen LogP contribution in [0.25, 0.3) is 39.1 Å². The second kappa shape index (κ2) is 10.7. The Hall–Kier alpha value is -6.68. The van der Waals surface area contributed by atoms with Crippen molar-refractivity contribution in [1.29, 1.82) is 21.0 Å². The maximum atomic E-state index is 13.2. The summed E-state index contributed by atoms with van der Waals surface area (Å²) in [5, 5.41) is 43.4. The normalized spacial score (nSPS) is 15.5. The summed E-state index contributed by atoms with van der Waals surface area (Å²) in [6.07, 6.45) is -4.47. The maximum Gasteiger partial charge on any atom is 0.416 e. The zero-order chi connectivity index (χ0) is 33.0. The number of aryl methyl sites for hydroxylation is 1. The van der Waals surface area contributed by atoms with E-state index in [-0.39, 0.29) is 11.1 Å². The monoisotopic (exact) mass is 616 g/mol. The summed E-state index contributed by atoms with van der Waals surface area (Å²) in [5.74, 6) is 0. The van der Waals surface area contributed by atoms with Gasteiger partial charge in [0.25, 0.3) is 0 Å². The van der Waals surface area contributed by atoms with Crippen molar-refractivity contribution < 1.29 is 13.2 Å². The first-order valence-electron chi connectivity index (χ1n) is 14.4. The highest BCUT2D eigenvalue weighted by Crippen LogP contribution is 2.49. The van der Waals surface area contributed by atoms with Gasteiger partial charge in [0.15, 0.2) is 0 Å². The molecule has 9 heteroatoms. The lowest BCUT2D eigenvalue weighted by molar-refractivity contribution is -0.137. The van der Waals surface area contributed by atoms with Crippen molar-refractivity contribution in [2.45, 2.75) is 19.1 Å². The summed E-state index contributed by atoms with van der Waals surface area (Å²) >= 11 is 0. The van der Waals surface area contributed by atoms with E-state index in [1.807, 2.05) is 73.7 Å². The number of hydrogen-bond donors (Lipinski definition) is 1. The summed E-state index contributed by atoms with van der Waals surface area (Å²) in [6.45, 7) is 2.00. The van der Waals surface area contributed by atoms with E-state index in [0.29, 0.717) is 61.6 Å². The number of allylic oxidation sites excluding steroid dienone is 3. The Balaban J connectivity index is 1.39. The summed E-state index contributed by atoms with van der Waals surface area (Å²) in [7, 11) is 0. The van der Waals surface area contributed by atoms with Gasteiger partial charge in [0.05, 0.1) is 28.7 Å². The molecule has 4 aromatic rings. The van der Waals surface area contributed by atoms with Crippen molar-refractivity contribution in [1.82, 2.24) is 5.32 Å². The van der Waals surface area contributed by atoms with Crippen LogP contribution in [0.4, 0.5) is 13.2 Å². The van der Waals surface area contributed by atoms with Crippen LogP contribution in [0.5, 0.6) is 0 Å². The molecule has 1 atom stereocenters. The van der Waals surface area contributed by atoms with Crippen molar-refractivity contribution >= 4 is 22.6 Å². The Morgan fingerprint density at radius 1 is 0.660 bits per heavy atom. The molecular formula is C38H19F3N6. The average Bonchev–Trinajstić information content (AvgIpc) is 3.56. The smallest absolute Gasteiger partial charge is 0.370 e. The van der Waals surface area contributed by atoms with Crippen LogP contribution in [-0.2, 0) is 6.18 Å². The Labute approximate surface area is 267 Å². The van der Waals surface area contributed by atoms with Crippen molar-refractivity contribution in [2.24, 2.45) is 4.99 Å². The van der Waals surface area contributed by atoms with Crippen LogP contribution in [0.2, 0.25) is 0 Å². The van der Waals surface area contributed by atoms with Gasteiger partial charge in [-0.05, 0) is 64.6 Å². The molecule has 0 radical (unpaired) electrons. The van der Waals surface area contributed by atoms with Crippen LogP contribution in [0.1, 0.15) is 33.4 Å². The number of halogens is 3. The molecule has 6 nitrogen and oxygen atoms in total. The SMILES string of the molecule is Cc1ccc(-c2ccc3c(c2)C(=C(C#N)C#N)C2=C3NC3C(=N2)c2ccc(-c4ccc(C(F)(F)F)cc4)cc2C3=C(C#N)C#N)cc1. The Bertz CT molecular complexity index is 2310. The third kappa shape index (κ3) is 4.58. The number of nitrogens with zero attached hydrogens (tertiary/aromatic N) is 5. The molecule has 0 aromatic heterocycles. The van der Waals surface area contributed by atoms with Gasteiger partial charge in [-0.2, -0.15) is 34.2 Å². The van der Waals surface area contributed by atoms with Gasteiger partial charge in [-0.3, -0.25) is 0 Å². The summed E-state index contributed by atoms with van der Waals surface area (Å²) in [4.78, 5) is 5.01. The minimum Gasteiger partial charge on any atom is -0.370 e. The largest absolute Gasteiger partial charge is 0.416 e. The molecular weight excluding hydrogens is 597 g/mol. The molecule has 4 aromatic carbocycles. The zero-order valence-electron chi connectivity index (χ0n) is 24.5. The molecule has 1 unspecified atom stereocenters. The van der Waals surface area contributed by atoms with E-state index >= 15 is 0 Å². The maximum absolute atomic E-state index is 13.2. The molecule has 0 spiro atoms. The molecule has 222 valence electrons.